The number of para-hydroxylation sites is 1. The maximum Gasteiger partial charge on any atom is 0.433 e. The normalized spacial score (nSPS) is 18.4. The predicted octanol–water partition coefficient (Wildman–Crippen LogP) is 2.83. The highest BCUT2D eigenvalue weighted by atomic mass is 19.4. The van der Waals surface area contributed by atoms with Gasteiger partial charge in [0.25, 0.3) is 5.56 Å². The molecule has 1 atom stereocenters. The molecule has 1 aromatic heterocycles. The first kappa shape index (κ1) is 17.5. The second-order valence-electron chi connectivity index (χ2n) is 5.97. The molecule has 25 heavy (non-hydrogen) atoms. The zero-order valence-corrected chi connectivity index (χ0v) is 13.4. The van der Waals surface area contributed by atoms with E-state index in [1.165, 1.54) is 0 Å². The van der Waals surface area contributed by atoms with Crippen molar-refractivity contribution in [1.29, 1.82) is 0 Å². The monoisotopic (exact) mass is 353 g/mol. The first-order chi connectivity index (χ1) is 11.9. The highest BCUT2D eigenvalue weighted by Gasteiger charge is 2.34. The summed E-state index contributed by atoms with van der Waals surface area (Å²) in [6.45, 7) is 1.32. The maximum atomic E-state index is 12.8. The minimum absolute atomic E-state index is 0.0198. The number of rotatable bonds is 5. The number of aromatic nitrogens is 2. The Morgan fingerprint density at radius 2 is 2.04 bits per heavy atom. The molecule has 1 saturated heterocycles. The van der Waals surface area contributed by atoms with Crippen LogP contribution in [-0.4, -0.2) is 34.1 Å². The maximum absolute atomic E-state index is 12.8. The predicted molar refractivity (Wildman–Crippen MR) is 85.2 cm³/mol. The molecule has 2 aromatic rings. The van der Waals surface area contributed by atoms with Gasteiger partial charge in [-0.05, 0) is 31.5 Å². The molecular weight excluding hydrogens is 335 g/mol. The van der Waals surface area contributed by atoms with Gasteiger partial charge in [0.15, 0.2) is 5.69 Å². The molecule has 3 rings (SSSR count). The van der Waals surface area contributed by atoms with Gasteiger partial charge in [-0.15, -0.1) is 0 Å². The van der Waals surface area contributed by atoms with Crippen molar-refractivity contribution in [2.75, 3.05) is 13.2 Å². The van der Waals surface area contributed by atoms with Crippen molar-refractivity contribution < 1.29 is 17.9 Å². The largest absolute Gasteiger partial charge is 0.492 e. The van der Waals surface area contributed by atoms with Crippen LogP contribution < -0.4 is 10.3 Å². The van der Waals surface area contributed by atoms with Crippen LogP contribution in [0.3, 0.4) is 0 Å². The third-order valence-corrected chi connectivity index (χ3v) is 4.12. The molecule has 0 unspecified atom stereocenters. The molecule has 1 aliphatic heterocycles. The van der Waals surface area contributed by atoms with Crippen molar-refractivity contribution in [3.05, 3.63) is 58.3 Å². The third-order valence-electron chi connectivity index (χ3n) is 4.12. The van der Waals surface area contributed by atoms with Crippen LogP contribution >= 0.6 is 0 Å². The van der Waals surface area contributed by atoms with Crippen LogP contribution in [0.15, 0.2) is 41.2 Å². The lowest BCUT2D eigenvalue weighted by atomic mass is 10.2. The lowest BCUT2D eigenvalue weighted by Crippen LogP contribution is -2.35. The van der Waals surface area contributed by atoms with Crippen LogP contribution in [0.1, 0.15) is 24.4 Å². The lowest BCUT2D eigenvalue weighted by Gasteiger charge is -2.24. The van der Waals surface area contributed by atoms with Gasteiger partial charge in [-0.2, -0.15) is 13.2 Å². The quantitative estimate of drug-likeness (QED) is 0.898. The Morgan fingerprint density at radius 3 is 2.76 bits per heavy atom. The second-order valence-corrected chi connectivity index (χ2v) is 5.97. The Bertz CT molecular complexity index is 762. The van der Waals surface area contributed by atoms with Gasteiger partial charge in [0.05, 0.1) is 6.54 Å². The number of aromatic amines is 1. The number of likely N-dealkylation sites (tertiary alicyclic amines) is 1. The van der Waals surface area contributed by atoms with Crippen molar-refractivity contribution >= 4 is 0 Å². The molecule has 8 heteroatoms. The molecule has 1 fully saturated rings. The van der Waals surface area contributed by atoms with E-state index in [4.69, 9.17) is 4.74 Å². The molecule has 0 radical (unpaired) electrons. The highest BCUT2D eigenvalue weighted by Crippen LogP contribution is 2.27. The van der Waals surface area contributed by atoms with E-state index in [1.54, 1.807) is 0 Å². The summed E-state index contributed by atoms with van der Waals surface area (Å²) in [7, 11) is 0. The molecule has 2 heterocycles. The Labute approximate surface area is 142 Å². The topological polar surface area (TPSA) is 58.2 Å². The number of nitrogens with zero attached hydrogens (tertiary/aromatic N) is 2. The van der Waals surface area contributed by atoms with E-state index < -0.39 is 17.4 Å². The number of ether oxygens (including phenoxy) is 1. The standard InChI is InChI=1S/C17H18F3N3O2/c18-17(19,20)14-9-16(24)22-15(21-14)10-23-8-4-5-12(23)11-25-13-6-2-1-3-7-13/h1-3,6-7,9,12H,4-5,8,10-11H2,(H,21,22,24)/t12-/m1/s1. The number of alkyl halides is 3. The second kappa shape index (κ2) is 7.26. The van der Waals surface area contributed by atoms with Crippen molar-refractivity contribution in [2.45, 2.75) is 31.6 Å². The van der Waals surface area contributed by atoms with E-state index >= 15 is 0 Å². The lowest BCUT2D eigenvalue weighted by molar-refractivity contribution is -0.141. The summed E-state index contributed by atoms with van der Waals surface area (Å²) in [5, 5.41) is 0. The number of halogens is 3. The Kier molecular flexibility index (Phi) is 5.08. The van der Waals surface area contributed by atoms with Crippen LogP contribution in [0.5, 0.6) is 5.75 Å². The summed E-state index contributed by atoms with van der Waals surface area (Å²) in [4.78, 5) is 19.4. The molecule has 0 amide bonds. The van der Waals surface area contributed by atoms with Crippen molar-refractivity contribution in [3.63, 3.8) is 0 Å². The number of H-pyrrole nitrogens is 1. The molecule has 0 aliphatic carbocycles. The molecule has 1 N–H and O–H groups in total. The van der Waals surface area contributed by atoms with Gasteiger partial charge in [-0.1, -0.05) is 18.2 Å². The van der Waals surface area contributed by atoms with Gasteiger partial charge in [-0.3, -0.25) is 9.69 Å². The van der Waals surface area contributed by atoms with Crippen molar-refractivity contribution in [2.24, 2.45) is 0 Å². The van der Waals surface area contributed by atoms with Crippen LogP contribution in [-0.2, 0) is 12.7 Å². The summed E-state index contributed by atoms with van der Waals surface area (Å²) in [6.07, 6.45) is -2.83. The Balaban J connectivity index is 1.67. The molecule has 1 aromatic carbocycles. The van der Waals surface area contributed by atoms with E-state index in [-0.39, 0.29) is 18.4 Å². The van der Waals surface area contributed by atoms with Gasteiger partial charge in [0, 0.05) is 12.1 Å². The smallest absolute Gasteiger partial charge is 0.433 e. The summed E-state index contributed by atoms with van der Waals surface area (Å²) in [5.74, 6) is 0.770. The molecule has 0 saturated carbocycles. The van der Waals surface area contributed by atoms with Crippen LogP contribution in [0.25, 0.3) is 0 Å². The first-order valence-corrected chi connectivity index (χ1v) is 8.01. The minimum atomic E-state index is -4.64. The Hall–Kier alpha value is -2.35. The van der Waals surface area contributed by atoms with Gasteiger partial charge in [0.1, 0.15) is 18.2 Å². The van der Waals surface area contributed by atoms with E-state index in [2.05, 4.69) is 9.97 Å². The average molecular weight is 353 g/mol. The highest BCUT2D eigenvalue weighted by molar-refractivity contribution is 5.21. The number of hydrogen-bond donors (Lipinski definition) is 1. The summed E-state index contributed by atoms with van der Waals surface area (Å²) >= 11 is 0. The van der Waals surface area contributed by atoms with Crippen LogP contribution in [0, 0.1) is 0 Å². The SMILES string of the molecule is O=c1cc(C(F)(F)F)nc(CN2CCC[C@@H]2COc2ccccc2)[nH]1. The third kappa shape index (κ3) is 4.60. The fourth-order valence-corrected chi connectivity index (χ4v) is 2.92. The Morgan fingerprint density at radius 1 is 1.28 bits per heavy atom. The number of benzene rings is 1. The summed E-state index contributed by atoms with van der Waals surface area (Å²) < 4.78 is 44.1. The number of hydrogen-bond acceptors (Lipinski definition) is 4. The molecular formula is C17H18F3N3O2. The fourth-order valence-electron chi connectivity index (χ4n) is 2.92. The van der Waals surface area contributed by atoms with Gasteiger partial charge in [0.2, 0.25) is 0 Å². The molecule has 5 nitrogen and oxygen atoms in total. The zero-order chi connectivity index (χ0) is 17.9. The van der Waals surface area contributed by atoms with Crippen molar-refractivity contribution in [1.82, 2.24) is 14.9 Å². The van der Waals surface area contributed by atoms with E-state index in [9.17, 15) is 18.0 Å². The molecule has 0 bridgehead atoms. The fraction of sp³-hybridized carbons (Fsp3) is 0.412. The molecule has 134 valence electrons. The van der Waals surface area contributed by atoms with E-state index in [1.807, 2.05) is 35.2 Å². The molecule has 0 spiro atoms. The van der Waals surface area contributed by atoms with E-state index in [0.717, 1.165) is 25.1 Å². The van der Waals surface area contributed by atoms with Crippen LogP contribution in [0.4, 0.5) is 13.2 Å². The summed E-state index contributed by atoms with van der Waals surface area (Å²) in [6, 6.07) is 9.89. The van der Waals surface area contributed by atoms with Crippen molar-refractivity contribution in [3.8, 4) is 5.75 Å². The first-order valence-electron chi connectivity index (χ1n) is 8.01. The average Bonchev–Trinajstić information content (AvgIpc) is 2.99. The van der Waals surface area contributed by atoms with Gasteiger partial charge in [-0.25, -0.2) is 4.98 Å². The minimum Gasteiger partial charge on any atom is -0.492 e. The zero-order valence-electron chi connectivity index (χ0n) is 13.4. The molecule has 1 aliphatic rings. The number of nitrogens with one attached hydrogen (secondary N) is 1. The van der Waals surface area contributed by atoms with Gasteiger partial charge < -0.3 is 9.72 Å². The summed E-state index contributed by atoms with van der Waals surface area (Å²) in [5.41, 5.74) is -1.96. The van der Waals surface area contributed by atoms with E-state index in [0.29, 0.717) is 12.7 Å². The van der Waals surface area contributed by atoms with Crippen LogP contribution in [0.2, 0.25) is 0 Å². The van der Waals surface area contributed by atoms with Gasteiger partial charge >= 0.3 is 6.18 Å².